The average molecular weight is 286 g/mol. The molecule has 1 N–H and O–H groups in total. The smallest absolute Gasteiger partial charge is 0.320 e. The number of carbonyl (C=O) groups is 1. The van der Waals surface area contributed by atoms with Gasteiger partial charge in [0.1, 0.15) is 6.04 Å². The van der Waals surface area contributed by atoms with Crippen LogP contribution in [0.5, 0.6) is 0 Å². The van der Waals surface area contributed by atoms with Crippen LogP contribution in [-0.2, 0) is 11.3 Å². The van der Waals surface area contributed by atoms with E-state index < -0.39 is 12.0 Å². The molecule has 16 heavy (non-hydrogen) atoms. The number of halogens is 1. The zero-order chi connectivity index (χ0) is 12.3. The summed E-state index contributed by atoms with van der Waals surface area (Å²) in [7, 11) is 1.81. The van der Waals surface area contributed by atoms with Gasteiger partial charge in [-0.25, -0.2) is 0 Å². The maximum absolute atomic E-state index is 10.8. The normalized spacial score (nSPS) is 12.8. The second-order valence-electron chi connectivity index (χ2n) is 4.02. The molecule has 0 aliphatic carbocycles. The minimum absolute atomic E-state index is 0.479. The van der Waals surface area contributed by atoms with Crippen LogP contribution in [0.2, 0.25) is 0 Å². The Hall–Kier alpha value is -0.870. The number of benzene rings is 1. The van der Waals surface area contributed by atoms with Crippen molar-refractivity contribution < 1.29 is 9.90 Å². The minimum atomic E-state index is -0.800. The molecule has 1 aromatic rings. The highest BCUT2D eigenvalue weighted by atomic mass is 79.9. The fraction of sp³-hybridized carbons (Fsp3) is 0.417. The van der Waals surface area contributed by atoms with E-state index in [1.807, 2.05) is 32.2 Å². The molecule has 0 saturated heterocycles. The fourth-order valence-electron chi connectivity index (χ4n) is 1.37. The summed E-state index contributed by atoms with van der Waals surface area (Å²) >= 11 is 3.49. The van der Waals surface area contributed by atoms with Gasteiger partial charge in [-0.3, -0.25) is 9.69 Å². The van der Waals surface area contributed by atoms with Crippen molar-refractivity contribution in [2.75, 3.05) is 7.05 Å². The number of hydrogen-bond acceptors (Lipinski definition) is 2. The van der Waals surface area contributed by atoms with Gasteiger partial charge >= 0.3 is 5.97 Å². The molecular weight excluding hydrogens is 270 g/mol. The molecule has 1 atom stereocenters. The third-order valence-corrected chi connectivity index (χ3v) is 3.39. The second-order valence-corrected chi connectivity index (χ2v) is 4.88. The van der Waals surface area contributed by atoms with Gasteiger partial charge in [-0.2, -0.15) is 0 Å². The number of hydrogen-bond donors (Lipinski definition) is 1. The van der Waals surface area contributed by atoms with Crippen LogP contribution in [0.25, 0.3) is 0 Å². The zero-order valence-corrected chi connectivity index (χ0v) is 11.3. The summed E-state index contributed by atoms with van der Waals surface area (Å²) in [6, 6.07) is 5.60. The Morgan fingerprint density at radius 1 is 1.56 bits per heavy atom. The number of carboxylic acid groups (broad SMARTS) is 1. The Balaban J connectivity index is 2.77. The van der Waals surface area contributed by atoms with E-state index in [0.29, 0.717) is 6.54 Å². The van der Waals surface area contributed by atoms with Crippen molar-refractivity contribution in [3.63, 3.8) is 0 Å². The maximum Gasteiger partial charge on any atom is 0.320 e. The lowest BCUT2D eigenvalue weighted by molar-refractivity contribution is -0.142. The van der Waals surface area contributed by atoms with Crippen LogP contribution in [-0.4, -0.2) is 29.1 Å². The van der Waals surface area contributed by atoms with E-state index >= 15 is 0 Å². The molecule has 0 aliphatic rings. The fourth-order valence-corrected chi connectivity index (χ4v) is 1.99. The summed E-state index contributed by atoms with van der Waals surface area (Å²) in [5, 5.41) is 8.89. The van der Waals surface area contributed by atoms with Crippen molar-refractivity contribution in [1.29, 1.82) is 0 Å². The molecule has 0 radical (unpaired) electrons. The summed E-state index contributed by atoms with van der Waals surface area (Å²) < 4.78 is 1.02. The molecule has 0 fully saturated rings. The lowest BCUT2D eigenvalue weighted by atomic mass is 10.1. The van der Waals surface area contributed by atoms with Crippen molar-refractivity contribution in [3.8, 4) is 0 Å². The van der Waals surface area contributed by atoms with Gasteiger partial charge in [0.15, 0.2) is 0 Å². The van der Waals surface area contributed by atoms with Crippen molar-refractivity contribution in [3.05, 3.63) is 33.8 Å². The zero-order valence-electron chi connectivity index (χ0n) is 9.70. The number of aliphatic carboxylic acids is 1. The molecule has 4 heteroatoms. The minimum Gasteiger partial charge on any atom is -0.480 e. The van der Waals surface area contributed by atoms with Crippen molar-refractivity contribution >= 4 is 21.9 Å². The molecule has 1 aromatic carbocycles. The van der Waals surface area contributed by atoms with Gasteiger partial charge in [-0.05, 0) is 38.1 Å². The first kappa shape index (κ1) is 13.2. The van der Waals surface area contributed by atoms with Crippen molar-refractivity contribution in [2.45, 2.75) is 26.4 Å². The molecule has 0 heterocycles. The summed E-state index contributed by atoms with van der Waals surface area (Å²) in [6.07, 6.45) is 0. The lowest BCUT2D eigenvalue weighted by Gasteiger charge is -2.21. The SMILES string of the molecule is Cc1ccc(CN(C)C(C)C(=O)O)c(Br)c1. The molecular formula is C12H16BrNO2. The van der Waals surface area contributed by atoms with E-state index in [1.54, 1.807) is 11.8 Å². The number of nitrogens with zero attached hydrogens (tertiary/aromatic N) is 1. The van der Waals surface area contributed by atoms with Crippen molar-refractivity contribution in [2.24, 2.45) is 0 Å². The highest BCUT2D eigenvalue weighted by Crippen LogP contribution is 2.20. The maximum atomic E-state index is 10.8. The summed E-state index contributed by atoms with van der Waals surface area (Å²) in [5.41, 5.74) is 2.28. The number of carboxylic acids is 1. The molecule has 3 nitrogen and oxygen atoms in total. The van der Waals surface area contributed by atoms with E-state index in [-0.39, 0.29) is 0 Å². The number of rotatable bonds is 4. The summed E-state index contributed by atoms with van der Waals surface area (Å²) in [6.45, 7) is 4.33. The molecule has 0 saturated carbocycles. The second kappa shape index (κ2) is 5.46. The van der Waals surface area contributed by atoms with E-state index in [4.69, 9.17) is 5.11 Å². The van der Waals surface area contributed by atoms with Gasteiger partial charge in [-0.15, -0.1) is 0 Å². The first-order valence-corrected chi connectivity index (χ1v) is 5.89. The van der Waals surface area contributed by atoms with E-state index in [0.717, 1.165) is 10.0 Å². The molecule has 0 bridgehead atoms. The highest BCUT2D eigenvalue weighted by Gasteiger charge is 2.17. The van der Waals surface area contributed by atoms with Crippen molar-refractivity contribution in [1.82, 2.24) is 4.90 Å². The first-order valence-electron chi connectivity index (χ1n) is 5.10. The molecule has 1 rings (SSSR count). The predicted octanol–water partition coefficient (Wildman–Crippen LogP) is 2.66. The lowest BCUT2D eigenvalue weighted by Crippen LogP contribution is -2.35. The Kier molecular flexibility index (Phi) is 4.50. The van der Waals surface area contributed by atoms with Gasteiger partial charge in [0.25, 0.3) is 0 Å². The standard InChI is InChI=1S/C12H16BrNO2/c1-8-4-5-10(11(13)6-8)7-14(3)9(2)12(15)16/h4-6,9H,7H2,1-3H3,(H,15,16). The first-order chi connectivity index (χ1) is 7.41. The van der Waals surface area contributed by atoms with Crippen LogP contribution in [0, 0.1) is 6.92 Å². The van der Waals surface area contributed by atoms with E-state index in [9.17, 15) is 4.79 Å². The molecule has 0 spiro atoms. The van der Waals surface area contributed by atoms with Gasteiger partial charge in [0.05, 0.1) is 0 Å². The van der Waals surface area contributed by atoms with Crippen LogP contribution in [0.15, 0.2) is 22.7 Å². The predicted molar refractivity (Wildman–Crippen MR) is 67.4 cm³/mol. The largest absolute Gasteiger partial charge is 0.480 e. The molecule has 1 unspecified atom stereocenters. The Morgan fingerprint density at radius 3 is 2.69 bits per heavy atom. The Morgan fingerprint density at radius 2 is 2.19 bits per heavy atom. The van der Waals surface area contributed by atoms with Gasteiger partial charge < -0.3 is 5.11 Å². The number of aryl methyl sites for hydroxylation is 1. The van der Waals surface area contributed by atoms with Gasteiger partial charge in [-0.1, -0.05) is 28.1 Å². The molecule has 0 aromatic heterocycles. The average Bonchev–Trinajstić information content (AvgIpc) is 2.20. The monoisotopic (exact) mass is 285 g/mol. The molecule has 0 amide bonds. The van der Waals surface area contributed by atoms with Gasteiger partial charge in [0.2, 0.25) is 0 Å². The third-order valence-electron chi connectivity index (χ3n) is 2.65. The van der Waals surface area contributed by atoms with E-state index in [1.165, 1.54) is 5.56 Å². The van der Waals surface area contributed by atoms with E-state index in [2.05, 4.69) is 15.9 Å². The van der Waals surface area contributed by atoms with Crippen LogP contribution in [0.3, 0.4) is 0 Å². The quantitative estimate of drug-likeness (QED) is 0.925. The van der Waals surface area contributed by atoms with Crippen LogP contribution >= 0.6 is 15.9 Å². The summed E-state index contributed by atoms with van der Waals surface area (Å²) in [4.78, 5) is 12.6. The Labute approximate surface area is 104 Å². The van der Waals surface area contributed by atoms with Crippen LogP contribution in [0.4, 0.5) is 0 Å². The van der Waals surface area contributed by atoms with Gasteiger partial charge in [0, 0.05) is 11.0 Å². The van der Waals surface area contributed by atoms with Crippen LogP contribution in [0.1, 0.15) is 18.1 Å². The molecule has 0 aliphatic heterocycles. The Bertz CT molecular complexity index is 393. The third kappa shape index (κ3) is 3.32. The number of likely N-dealkylation sites (N-methyl/N-ethyl adjacent to an activating group) is 1. The summed E-state index contributed by atoms with van der Waals surface area (Å²) in [5.74, 6) is -0.800. The highest BCUT2D eigenvalue weighted by molar-refractivity contribution is 9.10. The molecule has 88 valence electrons. The van der Waals surface area contributed by atoms with Crippen LogP contribution < -0.4 is 0 Å². The topological polar surface area (TPSA) is 40.5 Å².